The maximum Gasteiger partial charge on any atom is 0.419 e. The third kappa shape index (κ3) is 3.19. The van der Waals surface area contributed by atoms with E-state index >= 15 is 0 Å². The second-order valence-corrected chi connectivity index (χ2v) is 5.99. The van der Waals surface area contributed by atoms with Crippen molar-refractivity contribution in [3.05, 3.63) is 82.6 Å². The first-order valence-corrected chi connectivity index (χ1v) is 8.08. The van der Waals surface area contributed by atoms with Crippen molar-refractivity contribution >= 4 is 16.8 Å². The van der Waals surface area contributed by atoms with Crippen LogP contribution in [-0.4, -0.2) is 14.3 Å². The van der Waals surface area contributed by atoms with E-state index in [1.807, 2.05) is 53.5 Å². The Morgan fingerprint density at radius 1 is 1.12 bits per heavy atom. The highest BCUT2D eigenvalue weighted by Gasteiger charge is 2.06. The van der Waals surface area contributed by atoms with Crippen LogP contribution >= 0.6 is 0 Å². The molecule has 4 rings (SSSR count). The first-order chi connectivity index (χ1) is 12.2. The number of nitrogens with zero attached hydrogens (tertiary/aromatic N) is 3. The summed E-state index contributed by atoms with van der Waals surface area (Å²) in [6.45, 7) is 1.40. The summed E-state index contributed by atoms with van der Waals surface area (Å²) in [5.41, 5.74) is 4.57. The molecule has 0 radical (unpaired) electrons. The zero-order chi connectivity index (χ0) is 17.2. The van der Waals surface area contributed by atoms with Gasteiger partial charge in [-0.1, -0.05) is 30.3 Å². The van der Waals surface area contributed by atoms with Gasteiger partial charge in [0.05, 0.1) is 18.3 Å². The van der Waals surface area contributed by atoms with E-state index in [-0.39, 0.29) is 5.76 Å². The molecular weight excluding hydrogens is 316 g/mol. The van der Waals surface area contributed by atoms with Crippen LogP contribution in [-0.2, 0) is 20.1 Å². The first-order valence-electron chi connectivity index (χ1n) is 8.08. The minimum Gasteiger partial charge on any atom is -0.408 e. The third-order valence-corrected chi connectivity index (χ3v) is 4.16. The van der Waals surface area contributed by atoms with Gasteiger partial charge in [0.15, 0.2) is 5.58 Å². The normalized spacial score (nSPS) is 11.1. The predicted octanol–water partition coefficient (Wildman–Crippen LogP) is 2.99. The molecule has 0 amide bonds. The van der Waals surface area contributed by atoms with Crippen molar-refractivity contribution < 1.29 is 4.42 Å². The molecule has 6 nitrogen and oxygen atoms in total. The quantitative estimate of drug-likeness (QED) is 0.609. The fourth-order valence-electron chi connectivity index (χ4n) is 2.80. The molecule has 6 heteroatoms. The SMILES string of the molecule is Cn1c(=O)oc2cc(NCc3cnn(Cc4ccccc4)c3)ccc21. The van der Waals surface area contributed by atoms with Crippen LogP contribution in [0, 0.1) is 0 Å². The highest BCUT2D eigenvalue weighted by molar-refractivity contribution is 5.77. The minimum absolute atomic E-state index is 0.352. The standard InChI is InChI=1S/C19H18N4O2/c1-22-17-8-7-16(9-18(17)25-19(22)24)20-10-15-11-21-23(13-15)12-14-5-3-2-4-6-14/h2-9,11,13,20H,10,12H2,1H3. The maximum absolute atomic E-state index is 11.5. The van der Waals surface area contributed by atoms with Gasteiger partial charge in [0, 0.05) is 37.1 Å². The second kappa shape index (κ2) is 6.32. The van der Waals surface area contributed by atoms with Gasteiger partial charge in [-0.05, 0) is 17.7 Å². The summed E-state index contributed by atoms with van der Waals surface area (Å²) in [4.78, 5) is 11.5. The fraction of sp³-hybridized carbons (Fsp3) is 0.158. The highest BCUT2D eigenvalue weighted by Crippen LogP contribution is 2.18. The lowest BCUT2D eigenvalue weighted by atomic mass is 10.2. The van der Waals surface area contributed by atoms with Crippen molar-refractivity contribution in [3.8, 4) is 0 Å². The van der Waals surface area contributed by atoms with Crippen LogP contribution in [0.5, 0.6) is 0 Å². The Bertz CT molecular complexity index is 1060. The monoisotopic (exact) mass is 334 g/mol. The van der Waals surface area contributed by atoms with Crippen molar-refractivity contribution in [3.63, 3.8) is 0 Å². The van der Waals surface area contributed by atoms with E-state index in [1.54, 1.807) is 7.05 Å². The molecule has 0 bridgehead atoms. The van der Waals surface area contributed by atoms with Crippen LogP contribution < -0.4 is 11.1 Å². The molecule has 1 N–H and O–H groups in total. The number of benzene rings is 2. The summed E-state index contributed by atoms with van der Waals surface area (Å²) in [6.07, 6.45) is 3.89. The zero-order valence-electron chi connectivity index (χ0n) is 13.8. The average molecular weight is 334 g/mol. The smallest absolute Gasteiger partial charge is 0.408 e. The minimum atomic E-state index is -0.352. The summed E-state index contributed by atoms with van der Waals surface area (Å²) < 4.78 is 8.63. The molecular formula is C19H18N4O2. The Kier molecular flexibility index (Phi) is 3.85. The number of anilines is 1. The molecule has 0 fully saturated rings. The number of oxazole rings is 1. The topological polar surface area (TPSA) is 65.0 Å². The Balaban J connectivity index is 1.44. The van der Waals surface area contributed by atoms with Gasteiger partial charge < -0.3 is 9.73 Å². The van der Waals surface area contributed by atoms with E-state index in [0.717, 1.165) is 23.3 Å². The van der Waals surface area contributed by atoms with E-state index in [1.165, 1.54) is 10.1 Å². The van der Waals surface area contributed by atoms with Crippen molar-refractivity contribution in [2.45, 2.75) is 13.1 Å². The highest BCUT2D eigenvalue weighted by atomic mass is 16.4. The molecule has 0 unspecified atom stereocenters. The largest absolute Gasteiger partial charge is 0.419 e. The lowest BCUT2D eigenvalue weighted by Crippen LogP contribution is -2.08. The van der Waals surface area contributed by atoms with Gasteiger partial charge in [-0.2, -0.15) is 5.10 Å². The Hall–Kier alpha value is -3.28. The molecule has 0 aliphatic carbocycles. The van der Waals surface area contributed by atoms with Gasteiger partial charge in [0.2, 0.25) is 0 Å². The lowest BCUT2D eigenvalue weighted by Gasteiger charge is -2.04. The molecule has 0 aliphatic rings. The summed E-state index contributed by atoms with van der Waals surface area (Å²) in [7, 11) is 1.70. The summed E-state index contributed by atoms with van der Waals surface area (Å²) in [5, 5.41) is 7.74. The Morgan fingerprint density at radius 3 is 2.80 bits per heavy atom. The van der Waals surface area contributed by atoms with E-state index in [4.69, 9.17) is 4.42 Å². The van der Waals surface area contributed by atoms with Gasteiger partial charge in [-0.25, -0.2) is 4.79 Å². The average Bonchev–Trinajstić information content (AvgIpc) is 3.18. The van der Waals surface area contributed by atoms with Crippen molar-refractivity contribution in [2.75, 3.05) is 5.32 Å². The van der Waals surface area contributed by atoms with E-state index in [9.17, 15) is 4.79 Å². The molecule has 0 aliphatic heterocycles. The number of aryl methyl sites for hydroxylation is 1. The molecule has 25 heavy (non-hydrogen) atoms. The summed E-state index contributed by atoms with van der Waals surface area (Å²) in [6, 6.07) is 15.9. The van der Waals surface area contributed by atoms with Gasteiger partial charge in [0.25, 0.3) is 0 Å². The van der Waals surface area contributed by atoms with Gasteiger partial charge in [0.1, 0.15) is 0 Å². The van der Waals surface area contributed by atoms with Crippen LogP contribution in [0.2, 0.25) is 0 Å². The van der Waals surface area contributed by atoms with Gasteiger partial charge in [-0.15, -0.1) is 0 Å². The van der Waals surface area contributed by atoms with E-state index in [0.29, 0.717) is 12.1 Å². The molecule has 4 aromatic rings. The van der Waals surface area contributed by atoms with Crippen LogP contribution in [0.15, 0.2) is 70.1 Å². The molecule has 2 heterocycles. The van der Waals surface area contributed by atoms with Crippen LogP contribution in [0.25, 0.3) is 11.1 Å². The number of hydrogen-bond acceptors (Lipinski definition) is 4. The maximum atomic E-state index is 11.5. The fourth-order valence-corrected chi connectivity index (χ4v) is 2.80. The first kappa shape index (κ1) is 15.3. The second-order valence-electron chi connectivity index (χ2n) is 5.99. The number of nitrogens with one attached hydrogen (secondary N) is 1. The molecule has 0 atom stereocenters. The molecule has 126 valence electrons. The number of aromatic nitrogens is 3. The Morgan fingerprint density at radius 2 is 1.96 bits per heavy atom. The molecule has 0 spiro atoms. The molecule has 0 saturated heterocycles. The van der Waals surface area contributed by atoms with Crippen LogP contribution in [0.3, 0.4) is 0 Å². The van der Waals surface area contributed by atoms with Crippen molar-refractivity contribution in [2.24, 2.45) is 7.05 Å². The number of rotatable bonds is 5. The third-order valence-electron chi connectivity index (χ3n) is 4.16. The van der Waals surface area contributed by atoms with Crippen molar-refractivity contribution in [1.82, 2.24) is 14.3 Å². The van der Waals surface area contributed by atoms with Crippen LogP contribution in [0.1, 0.15) is 11.1 Å². The zero-order valence-corrected chi connectivity index (χ0v) is 13.8. The van der Waals surface area contributed by atoms with Crippen molar-refractivity contribution in [1.29, 1.82) is 0 Å². The van der Waals surface area contributed by atoms with Gasteiger partial charge in [-0.3, -0.25) is 9.25 Å². The van der Waals surface area contributed by atoms with E-state index < -0.39 is 0 Å². The lowest BCUT2D eigenvalue weighted by molar-refractivity contribution is 0.528. The number of hydrogen-bond donors (Lipinski definition) is 1. The molecule has 2 aromatic carbocycles. The molecule has 2 aromatic heterocycles. The predicted molar refractivity (Wildman–Crippen MR) is 96.6 cm³/mol. The molecule has 0 saturated carbocycles. The van der Waals surface area contributed by atoms with Crippen LogP contribution in [0.4, 0.5) is 5.69 Å². The summed E-state index contributed by atoms with van der Waals surface area (Å²) in [5.74, 6) is -0.352. The Labute approximate surface area is 144 Å². The summed E-state index contributed by atoms with van der Waals surface area (Å²) >= 11 is 0. The van der Waals surface area contributed by atoms with E-state index in [2.05, 4.69) is 22.5 Å². The van der Waals surface area contributed by atoms with Gasteiger partial charge >= 0.3 is 5.76 Å². The number of fused-ring (bicyclic) bond motifs is 1.